The van der Waals surface area contributed by atoms with Gasteiger partial charge in [-0.25, -0.2) is 0 Å². The first-order valence-electron chi connectivity index (χ1n) is 13.5. The van der Waals surface area contributed by atoms with Crippen LogP contribution >= 0.6 is 0 Å². The van der Waals surface area contributed by atoms with Gasteiger partial charge in [0.25, 0.3) is 5.91 Å². The molecule has 0 unspecified atom stereocenters. The van der Waals surface area contributed by atoms with Crippen LogP contribution in [-0.2, 0) is 20.8 Å². The number of ketones is 2. The van der Waals surface area contributed by atoms with Crippen LogP contribution in [0.4, 0.5) is 0 Å². The molecule has 6 N–H and O–H groups in total. The molecule has 0 heterocycles. The number of ether oxygens (including phenoxy) is 3. The first-order chi connectivity index (χ1) is 19.8. The predicted octanol–water partition coefficient (Wildman–Crippen LogP) is 3.00. The second-order valence-electron chi connectivity index (χ2n) is 11.2. The summed E-state index contributed by atoms with van der Waals surface area (Å²) in [6.45, 7) is 3.43. The molecule has 1 saturated carbocycles. The summed E-state index contributed by atoms with van der Waals surface area (Å²) in [6.07, 6.45) is 0.176. The van der Waals surface area contributed by atoms with Crippen molar-refractivity contribution in [2.75, 3.05) is 21.3 Å². The second-order valence-corrected chi connectivity index (χ2v) is 11.2. The van der Waals surface area contributed by atoms with Gasteiger partial charge in [-0.2, -0.15) is 0 Å². The van der Waals surface area contributed by atoms with Crippen molar-refractivity contribution in [1.29, 1.82) is 0 Å². The molecule has 1 fully saturated rings. The van der Waals surface area contributed by atoms with Crippen LogP contribution in [0.25, 0.3) is 16.9 Å². The number of rotatable bonds is 6. The molecule has 1 amide bonds. The third kappa shape index (κ3) is 3.87. The lowest BCUT2D eigenvalue weighted by Crippen LogP contribution is -2.62. The Bertz CT molecular complexity index is 1580. The number of phenolic OH excluding ortho intramolecular Hbond substituents is 1. The van der Waals surface area contributed by atoms with Gasteiger partial charge in [-0.1, -0.05) is 19.9 Å². The van der Waals surface area contributed by atoms with E-state index in [0.29, 0.717) is 33.9 Å². The van der Waals surface area contributed by atoms with Crippen LogP contribution in [0, 0.1) is 23.7 Å². The molecule has 2 aromatic carbocycles. The van der Waals surface area contributed by atoms with E-state index in [-0.39, 0.29) is 29.7 Å². The van der Waals surface area contributed by atoms with Gasteiger partial charge in [-0.3, -0.25) is 14.4 Å². The Morgan fingerprint density at radius 3 is 2.17 bits per heavy atom. The number of carbonyl (C=O) groups is 3. The number of aliphatic hydroxyl groups is 3. The zero-order chi connectivity index (χ0) is 30.8. The van der Waals surface area contributed by atoms with Crippen LogP contribution in [0.5, 0.6) is 23.0 Å². The molecule has 5 rings (SSSR count). The molecule has 42 heavy (non-hydrogen) atoms. The van der Waals surface area contributed by atoms with Crippen molar-refractivity contribution in [1.82, 2.24) is 0 Å². The number of carbonyl (C=O) groups excluding carboxylic acids is 3. The number of Topliss-reactive ketones (excluding diaryl/α,β-unsaturated/α-hetero) is 2. The number of nitrogens with two attached hydrogens (primary N) is 1. The van der Waals surface area contributed by atoms with Gasteiger partial charge in [0.05, 0.1) is 26.9 Å². The molecular formula is C31H33NO10. The summed E-state index contributed by atoms with van der Waals surface area (Å²) in [6, 6.07) is 6.48. The fourth-order valence-electron chi connectivity index (χ4n) is 6.99. The fraction of sp³-hybridized carbons (Fsp3) is 0.387. The highest BCUT2D eigenvalue weighted by molar-refractivity contribution is 6.23. The SMILES string of the molecule is COc1cc(-c2ccc(O)c3c2C[C@H]2C[C@H]4[C@H](C(C)C)C(=O)C(C(N)=O)=C(O)[C@@]4(O)C(=O)C2=C3O)cc(OC)c1OC. The highest BCUT2D eigenvalue weighted by atomic mass is 16.5. The Morgan fingerprint density at radius 2 is 1.64 bits per heavy atom. The number of hydrogen-bond donors (Lipinski definition) is 5. The van der Waals surface area contributed by atoms with Gasteiger partial charge in [0.2, 0.25) is 11.5 Å². The summed E-state index contributed by atoms with van der Waals surface area (Å²) in [4.78, 5) is 39.5. The van der Waals surface area contributed by atoms with Gasteiger partial charge in [0.15, 0.2) is 22.9 Å². The average molecular weight is 580 g/mol. The molecule has 222 valence electrons. The lowest BCUT2D eigenvalue weighted by Gasteiger charge is -2.50. The summed E-state index contributed by atoms with van der Waals surface area (Å²) in [7, 11) is 4.44. The minimum absolute atomic E-state index is 0.00575. The van der Waals surface area contributed by atoms with E-state index >= 15 is 0 Å². The lowest BCUT2D eigenvalue weighted by molar-refractivity contribution is -0.155. The molecule has 3 aliphatic rings. The van der Waals surface area contributed by atoms with Crippen LogP contribution in [-0.4, -0.2) is 64.8 Å². The molecule has 3 aliphatic carbocycles. The number of benzene rings is 2. The van der Waals surface area contributed by atoms with E-state index in [9.17, 15) is 34.8 Å². The minimum atomic E-state index is -2.66. The van der Waals surface area contributed by atoms with Gasteiger partial charge in [0, 0.05) is 17.4 Å². The first-order valence-corrected chi connectivity index (χ1v) is 13.5. The molecule has 0 bridgehead atoms. The van der Waals surface area contributed by atoms with Gasteiger partial charge < -0.3 is 40.4 Å². The van der Waals surface area contributed by atoms with E-state index in [1.807, 2.05) is 0 Å². The number of aromatic hydroxyl groups is 1. The number of amides is 1. The number of fused-ring (bicyclic) bond motifs is 3. The van der Waals surface area contributed by atoms with Crippen molar-refractivity contribution in [3.63, 3.8) is 0 Å². The smallest absolute Gasteiger partial charge is 0.255 e. The molecular weight excluding hydrogens is 546 g/mol. The number of methoxy groups -OCH3 is 3. The molecule has 4 atom stereocenters. The summed E-state index contributed by atoms with van der Waals surface area (Å²) >= 11 is 0. The number of primary amides is 1. The molecule has 0 spiro atoms. The maximum absolute atomic E-state index is 14.0. The monoisotopic (exact) mass is 579 g/mol. The van der Waals surface area contributed by atoms with E-state index in [2.05, 4.69) is 0 Å². The Kier molecular flexibility index (Phi) is 6.97. The third-order valence-corrected chi connectivity index (χ3v) is 8.83. The quantitative estimate of drug-likeness (QED) is 0.319. The van der Waals surface area contributed by atoms with Crippen molar-refractivity contribution in [2.24, 2.45) is 29.4 Å². The molecule has 0 radical (unpaired) electrons. The Balaban J connectivity index is 1.74. The third-order valence-electron chi connectivity index (χ3n) is 8.83. The zero-order valence-corrected chi connectivity index (χ0v) is 23.8. The summed E-state index contributed by atoms with van der Waals surface area (Å²) in [5.74, 6) is -7.05. The lowest BCUT2D eigenvalue weighted by atomic mass is 9.54. The van der Waals surface area contributed by atoms with Crippen LogP contribution in [0.2, 0.25) is 0 Å². The summed E-state index contributed by atoms with van der Waals surface area (Å²) in [5.41, 5.74) is 3.46. The maximum atomic E-state index is 14.0. The minimum Gasteiger partial charge on any atom is -0.508 e. The molecule has 0 saturated heterocycles. The Morgan fingerprint density at radius 1 is 1.02 bits per heavy atom. The Hall–Kier alpha value is -4.51. The zero-order valence-electron chi connectivity index (χ0n) is 23.8. The van der Waals surface area contributed by atoms with Crippen LogP contribution in [0.1, 0.15) is 31.4 Å². The molecule has 11 heteroatoms. The largest absolute Gasteiger partial charge is 0.508 e. The first kappa shape index (κ1) is 29.0. The molecule has 0 aromatic heterocycles. The Labute approximate surface area is 241 Å². The van der Waals surface area contributed by atoms with E-state index in [1.54, 1.807) is 32.0 Å². The molecule has 2 aromatic rings. The predicted molar refractivity (Wildman–Crippen MR) is 150 cm³/mol. The highest BCUT2D eigenvalue weighted by Gasteiger charge is 2.64. The van der Waals surface area contributed by atoms with E-state index in [4.69, 9.17) is 19.9 Å². The van der Waals surface area contributed by atoms with E-state index < -0.39 is 63.8 Å². The average Bonchev–Trinajstić information content (AvgIpc) is 2.93. The van der Waals surface area contributed by atoms with Crippen molar-refractivity contribution in [3.8, 4) is 34.1 Å². The molecule has 11 nitrogen and oxygen atoms in total. The van der Waals surface area contributed by atoms with Crippen LogP contribution < -0.4 is 19.9 Å². The van der Waals surface area contributed by atoms with Gasteiger partial charge in [-0.15, -0.1) is 0 Å². The number of phenols is 1. The number of hydrogen-bond acceptors (Lipinski definition) is 10. The highest BCUT2D eigenvalue weighted by Crippen LogP contribution is 2.55. The number of aliphatic hydroxyl groups excluding tert-OH is 2. The van der Waals surface area contributed by atoms with Gasteiger partial charge in [-0.05, 0) is 59.6 Å². The standard InChI is InChI=1S/C31H33NO10/c1-12(2)21-17-9-14-8-16-15(13-10-19(40-3)27(42-5)20(11-13)41-4)6-7-18(33)23(16)26(35)22(14)28(36)31(17,39)29(37)24(25(21)34)30(32)38/h6-7,10-12,14,17,21,33,35,37,39H,8-9H2,1-5H3,(H2,32,38)/t14-,17-,21-,31-/m0/s1. The maximum Gasteiger partial charge on any atom is 0.255 e. The van der Waals surface area contributed by atoms with Crippen LogP contribution in [0.3, 0.4) is 0 Å². The van der Waals surface area contributed by atoms with Crippen molar-refractivity contribution in [2.45, 2.75) is 32.3 Å². The van der Waals surface area contributed by atoms with Crippen molar-refractivity contribution < 1.29 is 49.0 Å². The summed E-state index contributed by atoms with van der Waals surface area (Å²) in [5, 5.41) is 45.2. The van der Waals surface area contributed by atoms with Gasteiger partial charge >= 0.3 is 0 Å². The normalized spacial score (nSPS) is 25.2. The second kappa shape index (κ2) is 10.1. The van der Waals surface area contributed by atoms with Crippen molar-refractivity contribution in [3.05, 3.63) is 52.3 Å². The van der Waals surface area contributed by atoms with Gasteiger partial charge in [0.1, 0.15) is 22.8 Å². The van der Waals surface area contributed by atoms with E-state index in [0.717, 1.165) is 0 Å². The topological polar surface area (TPSA) is 186 Å². The van der Waals surface area contributed by atoms with Crippen LogP contribution in [0.15, 0.2) is 41.2 Å². The summed E-state index contributed by atoms with van der Waals surface area (Å²) < 4.78 is 16.4. The van der Waals surface area contributed by atoms with Crippen molar-refractivity contribution >= 4 is 23.2 Å². The van der Waals surface area contributed by atoms with E-state index in [1.165, 1.54) is 27.4 Å². The fourth-order valence-corrected chi connectivity index (χ4v) is 6.99. The molecule has 0 aliphatic heterocycles.